The zero-order chi connectivity index (χ0) is 38.0. The molecule has 0 aromatic carbocycles. The number of alkyl halides is 2. The molecule has 15 heteroatoms. The molecule has 1 aliphatic heterocycles. The summed E-state index contributed by atoms with van der Waals surface area (Å²) in [5.74, 6) is -2.93. The molecule has 12 nitrogen and oxygen atoms in total. The lowest BCUT2D eigenvalue weighted by Gasteiger charge is -2.48. The van der Waals surface area contributed by atoms with Gasteiger partial charge in [-0.05, 0) is 127 Å². The lowest BCUT2D eigenvalue weighted by atomic mass is 9.60. The van der Waals surface area contributed by atoms with Gasteiger partial charge in [-0.2, -0.15) is 17.2 Å². The van der Waals surface area contributed by atoms with Gasteiger partial charge in [0.2, 0.25) is 0 Å². The van der Waals surface area contributed by atoms with Gasteiger partial charge < -0.3 is 28.8 Å². The number of carbonyl (C=O) groups is 3. The number of ether oxygens (including phenoxy) is 5. The molecule has 0 spiro atoms. The first kappa shape index (κ1) is 39.1. The van der Waals surface area contributed by atoms with E-state index in [-0.39, 0.29) is 56.2 Å². The van der Waals surface area contributed by atoms with Crippen LogP contribution in [-0.2, 0) is 48.2 Å². The largest absolute Gasteiger partial charge is 0.465 e. The molecule has 6 bridgehead atoms. The smallest absolute Gasteiger partial charge is 0.462 e. The average molecular weight is 773 g/mol. The van der Waals surface area contributed by atoms with E-state index in [4.69, 9.17) is 28.2 Å². The third kappa shape index (κ3) is 7.80. The van der Waals surface area contributed by atoms with Crippen LogP contribution in [0.1, 0.15) is 117 Å². The van der Waals surface area contributed by atoms with Crippen LogP contribution in [0, 0.1) is 40.4 Å². The maximum Gasteiger partial charge on any atom is 0.465 e. The minimum atomic E-state index is -6.05. The summed E-state index contributed by atoms with van der Waals surface area (Å²) in [6.45, 7) is 3.64. The highest BCUT2D eigenvalue weighted by molar-refractivity contribution is 7.87. The van der Waals surface area contributed by atoms with Gasteiger partial charge in [-0.15, -0.1) is 0 Å². The summed E-state index contributed by atoms with van der Waals surface area (Å²) < 4.78 is 90.4. The highest BCUT2D eigenvalue weighted by atomic mass is 32.2. The van der Waals surface area contributed by atoms with Crippen LogP contribution in [-0.4, -0.2) is 84.7 Å². The Morgan fingerprint density at radius 3 is 2.30 bits per heavy atom. The minimum Gasteiger partial charge on any atom is -0.462 e. The quantitative estimate of drug-likeness (QED) is 0.121. The van der Waals surface area contributed by atoms with Crippen LogP contribution >= 0.6 is 0 Å². The van der Waals surface area contributed by atoms with Gasteiger partial charge in [-0.3, -0.25) is 14.1 Å². The molecule has 6 fully saturated rings. The molecule has 0 amide bonds. The molecular formula is C38H54F2O12S. The second-order valence-electron chi connectivity index (χ2n) is 17.9. The van der Waals surface area contributed by atoms with E-state index in [1.165, 1.54) is 5.57 Å². The summed E-state index contributed by atoms with van der Waals surface area (Å²) in [7, 11) is -6.05. The molecule has 0 aromatic rings. The number of aliphatic hydroxyl groups is 1. The fourth-order valence-corrected chi connectivity index (χ4v) is 11.6. The number of hydrogen-bond acceptors (Lipinski definition) is 11. The van der Waals surface area contributed by atoms with Gasteiger partial charge in [0, 0.05) is 5.92 Å². The highest BCUT2D eigenvalue weighted by Crippen LogP contribution is 2.52. The van der Waals surface area contributed by atoms with Crippen molar-refractivity contribution in [1.82, 2.24) is 0 Å². The third-order valence-electron chi connectivity index (χ3n) is 13.6. The fraction of sp³-hybridized carbons (Fsp3) is 0.868. The Balaban J connectivity index is 1.06. The molecule has 7 aliphatic rings. The molecule has 0 radical (unpaired) electrons. The van der Waals surface area contributed by atoms with Crippen molar-refractivity contribution in [2.24, 2.45) is 40.4 Å². The van der Waals surface area contributed by atoms with Crippen molar-refractivity contribution in [1.29, 1.82) is 0 Å². The summed E-state index contributed by atoms with van der Waals surface area (Å²) in [4.78, 5) is 39.9. The van der Waals surface area contributed by atoms with Gasteiger partial charge in [0.25, 0.3) is 0 Å². The molecule has 7 rings (SSSR count). The SMILES string of the molecule is CC1C=C2CCCC(C(=O)OCC3OC(C4CC5CCCC(OC(=O)C(F)(F)S(=O)(=O)O)(C5)C4)OC3COC(=O)C3(C)CC4CCC(O)C(C4)C3)(C2)C1. The van der Waals surface area contributed by atoms with E-state index < -0.39 is 74.3 Å². The molecule has 298 valence electrons. The Bertz CT molecular complexity index is 1590. The molecule has 0 aromatic heterocycles. The molecule has 2 N–H and O–H groups in total. The first-order valence-electron chi connectivity index (χ1n) is 19.5. The Hall–Kier alpha value is -2.20. The van der Waals surface area contributed by atoms with Crippen LogP contribution in [0.3, 0.4) is 0 Å². The number of carbonyl (C=O) groups excluding carboxylic acids is 3. The fourth-order valence-electron chi connectivity index (χ4n) is 11.4. The summed E-state index contributed by atoms with van der Waals surface area (Å²) in [6.07, 6.45) is 9.21. The maximum atomic E-state index is 14.3. The van der Waals surface area contributed by atoms with Crippen molar-refractivity contribution < 1.29 is 64.9 Å². The van der Waals surface area contributed by atoms with Crippen molar-refractivity contribution in [3.05, 3.63) is 11.6 Å². The van der Waals surface area contributed by atoms with Crippen LogP contribution in [0.25, 0.3) is 0 Å². The topological polar surface area (TPSA) is 172 Å². The number of fused-ring (bicyclic) bond motifs is 6. The summed E-state index contributed by atoms with van der Waals surface area (Å²) in [5, 5.41) is 5.43. The van der Waals surface area contributed by atoms with E-state index >= 15 is 0 Å². The van der Waals surface area contributed by atoms with Crippen LogP contribution < -0.4 is 0 Å². The lowest BCUT2D eigenvalue weighted by Crippen LogP contribution is -2.51. The molecule has 1 heterocycles. The monoisotopic (exact) mass is 772 g/mol. The molecule has 12 atom stereocenters. The zero-order valence-electron chi connectivity index (χ0n) is 30.6. The predicted molar refractivity (Wildman–Crippen MR) is 182 cm³/mol. The van der Waals surface area contributed by atoms with E-state index in [0.29, 0.717) is 44.4 Å². The second kappa shape index (κ2) is 14.4. The van der Waals surface area contributed by atoms with Crippen molar-refractivity contribution in [3.8, 4) is 0 Å². The van der Waals surface area contributed by atoms with Crippen LogP contribution in [0.4, 0.5) is 8.78 Å². The molecule has 1 saturated heterocycles. The Kier molecular flexibility index (Phi) is 10.6. The summed E-state index contributed by atoms with van der Waals surface area (Å²) >= 11 is 0. The number of hydrogen-bond donors (Lipinski definition) is 2. The van der Waals surface area contributed by atoms with Crippen molar-refractivity contribution in [3.63, 3.8) is 0 Å². The van der Waals surface area contributed by atoms with Crippen molar-refractivity contribution in [2.75, 3.05) is 13.2 Å². The number of allylic oxidation sites excluding steroid dienone is 2. The van der Waals surface area contributed by atoms with E-state index in [0.717, 1.165) is 44.9 Å². The zero-order valence-corrected chi connectivity index (χ0v) is 31.5. The Morgan fingerprint density at radius 1 is 0.906 bits per heavy atom. The standard InChI is InChI=1S/C38H54F2O12S/c1-22-11-23-5-3-9-36(14-22,16-23)33(43)49-21-30-29(20-48-32(42)35(2)15-25-7-8-28(41)26(12-25)18-35)50-31(51-30)27-13-24-6-4-10-37(17-24,19-27)52-34(44)38(39,40)53(45,46)47/h11,22,24-31,41H,3-10,12-21H2,1-2H3,(H,45,46,47). The van der Waals surface area contributed by atoms with E-state index in [1.54, 1.807) is 0 Å². The van der Waals surface area contributed by atoms with Crippen LogP contribution in [0.5, 0.6) is 0 Å². The van der Waals surface area contributed by atoms with E-state index in [9.17, 15) is 36.7 Å². The normalized spacial score (nSPS) is 42.6. The van der Waals surface area contributed by atoms with Crippen LogP contribution in [0.15, 0.2) is 11.6 Å². The summed E-state index contributed by atoms with van der Waals surface area (Å²) in [6, 6.07) is 0. The van der Waals surface area contributed by atoms with Gasteiger partial charge in [0.15, 0.2) is 6.29 Å². The number of rotatable bonds is 10. The van der Waals surface area contributed by atoms with Crippen LogP contribution in [0.2, 0.25) is 0 Å². The first-order valence-corrected chi connectivity index (χ1v) is 20.9. The Labute approximate surface area is 309 Å². The molecule has 12 unspecified atom stereocenters. The first-order chi connectivity index (χ1) is 24.9. The maximum absolute atomic E-state index is 14.3. The van der Waals surface area contributed by atoms with Crippen molar-refractivity contribution >= 4 is 28.0 Å². The van der Waals surface area contributed by atoms with Gasteiger partial charge >= 0.3 is 33.3 Å². The molecule has 6 aliphatic carbocycles. The van der Waals surface area contributed by atoms with Gasteiger partial charge in [-0.1, -0.05) is 25.0 Å². The van der Waals surface area contributed by atoms with Gasteiger partial charge in [0.1, 0.15) is 31.0 Å². The number of halogens is 2. The number of esters is 3. The molecular weight excluding hydrogens is 718 g/mol. The Morgan fingerprint density at radius 2 is 1.58 bits per heavy atom. The van der Waals surface area contributed by atoms with E-state index in [2.05, 4.69) is 13.0 Å². The number of aliphatic hydroxyl groups excluding tert-OH is 1. The van der Waals surface area contributed by atoms with E-state index in [1.807, 2.05) is 6.92 Å². The highest BCUT2D eigenvalue weighted by Gasteiger charge is 2.59. The van der Waals surface area contributed by atoms with Gasteiger partial charge in [-0.25, -0.2) is 4.79 Å². The molecule has 53 heavy (non-hydrogen) atoms. The third-order valence-corrected chi connectivity index (χ3v) is 14.4. The summed E-state index contributed by atoms with van der Waals surface area (Å²) in [5.41, 5.74) is -1.53. The molecule has 5 saturated carbocycles. The van der Waals surface area contributed by atoms with Crippen molar-refractivity contribution in [2.45, 2.75) is 152 Å². The predicted octanol–water partition coefficient (Wildman–Crippen LogP) is 5.65. The second-order valence-corrected chi connectivity index (χ2v) is 19.4. The average Bonchev–Trinajstić information content (AvgIpc) is 3.49. The van der Waals surface area contributed by atoms with Gasteiger partial charge in [0.05, 0.1) is 16.9 Å². The minimum absolute atomic E-state index is 0.0318. The lowest BCUT2D eigenvalue weighted by molar-refractivity contribution is -0.202.